The number of aromatic carboxylic acids is 1. The first-order chi connectivity index (χ1) is 15.5. The van der Waals surface area contributed by atoms with E-state index in [1.54, 1.807) is 18.2 Å². The number of anilines is 2. The van der Waals surface area contributed by atoms with Crippen molar-refractivity contribution in [3.63, 3.8) is 0 Å². The Morgan fingerprint density at radius 1 is 1.06 bits per heavy atom. The van der Waals surface area contributed by atoms with E-state index in [2.05, 4.69) is 40.5 Å². The van der Waals surface area contributed by atoms with E-state index in [4.69, 9.17) is 9.97 Å². The van der Waals surface area contributed by atoms with Crippen molar-refractivity contribution in [2.45, 2.75) is 33.0 Å². The van der Waals surface area contributed by atoms with E-state index in [0.717, 1.165) is 41.1 Å². The van der Waals surface area contributed by atoms with Crippen LogP contribution in [0.4, 0.5) is 11.5 Å². The Balaban J connectivity index is 1.52. The van der Waals surface area contributed by atoms with Gasteiger partial charge in [0.15, 0.2) is 0 Å². The van der Waals surface area contributed by atoms with Gasteiger partial charge in [-0.3, -0.25) is 4.98 Å². The molecule has 0 saturated carbocycles. The van der Waals surface area contributed by atoms with Gasteiger partial charge in [-0.2, -0.15) is 0 Å². The molecule has 1 atom stereocenters. The summed E-state index contributed by atoms with van der Waals surface area (Å²) in [6.45, 7) is 5.69. The second-order valence-corrected chi connectivity index (χ2v) is 8.29. The van der Waals surface area contributed by atoms with E-state index in [0.29, 0.717) is 5.69 Å². The second-order valence-electron chi connectivity index (χ2n) is 8.29. The first-order valence-corrected chi connectivity index (χ1v) is 10.7. The predicted octanol–water partition coefficient (Wildman–Crippen LogP) is 5.33. The maximum atomic E-state index is 11.6. The highest BCUT2D eigenvalue weighted by Gasteiger charge is 2.22. The predicted molar refractivity (Wildman–Crippen MR) is 126 cm³/mol. The Morgan fingerprint density at radius 3 is 2.47 bits per heavy atom. The topological polar surface area (TPSA) is 78.3 Å². The number of carboxylic acids is 1. The molecule has 0 aliphatic carbocycles. The largest absolute Gasteiger partial charge is 0.478 e. The number of benzene rings is 3. The van der Waals surface area contributed by atoms with E-state index in [1.807, 2.05) is 32.2 Å². The van der Waals surface area contributed by atoms with Gasteiger partial charge in [0, 0.05) is 24.3 Å². The summed E-state index contributed by atoms with van der Waals surface area (Å²) in [5, 5.41) is 12.9. The van der Waals surface area contributed by atoms with E-state index >= 15 is 0 Å². The number of aromatic nitrogens is 2. The van der Waals surface area contributed by atoms with Crippen LogP contribution in [0.5, 0.6) is 0 Å². The first-order valence-electron chi connectivity index (χ1n) is 10.7. The minimum Gasteiger partial charge on any atom is -0.478 e. The van der Waals surface area contributed by atoms with Crippen LogP contribution in [-0.2, 0) is 13.1 Å². The van der Waals surface area contributed by atoms with Crippen molar-refractivity contribution in [2.75, 3.05) is 10.2 Å². The molecule has 0 amide bonds. The molecule has 1 unspecified atom stereocenters. The van der Waals surface area contributed by atoms with Crippen molar-refractivity contribution >= 4 is 28.5 Å². The highest BCUT2D eigenvalue weighted by molar-refractivity contribution is 5.94. The normalized spacial score (nSPS) is 13.8. The molecule has 1 aliphatic rings. The first kappa shape index (κ1) is 20.0. The van der Waals surface area contributed by atoms with Crippen molar-refractivity contribution in [1.82, 2.24) is 9.97 Å². The standard InChI is InChI=1S/C26H24N4O2/c1-16-11-21(17(2)28-22-10-6-5-9-20(22)26(31)32)25-23(12-16)27-13-24(29-25)30-14-18-7-3-4-8-19(18)15-30/h3-13,17,28H,14-15H2,1-2H3,(H,31,32). The Hall–Kier alpha value is -3.93. The Bertz CT molecular complexity index is 1310. The summed E-state index contributed by atoms with van der Waals surface area (Å²) < 4.78 is 0. The molecule has 4 aromatic rings. The number of aryl methyl sites for hydroxylation is 1. The number of nitrogens with zero attached hydrogens (tertiary/aromatic N) is 3. The second kappa shape index (κ2) is 7.96. The quantitative estimate of drug-likeness (QED) is 0.451. The number of hydrogen-bond acceptors (Lipinski definition) is 5. The molecule has 2 heterocycles. The van der Waals surface area contributed by atoms with Crippen LogP contribution >= 0.6 is 0 Å². The van der Waals surface area contributed by atoms with Gasteiger partial charge in [0.1, 0.15) is 5.82 Å². The average molecular weight is 425 g/mol. The summed E-state index contributed by atoms with van der Waals surface area (Å²) in [5.74, 6) is -0.109. The van der Waals surface area contributed by atoms with Crippen LogP contribution in [0.3, 0.4) is 0 Å². The van der Waals surface area contributed by atoms with Gasteiger partial charge >= 0.3 is 5.97 Å². The summed E-state index contributed by atoms with van der Waals surface area (Å²) >= 11 is 0. The lowest BCUT2D eigenvalue weighted by molar-refractivity contribution is 0.0698. The van der Waals surface area contributed by atoms with E-state index in [9.17, 15) is 9.90 Å². The number of carboxylic acid groups (broad SMARTS) is 1. The Labute approximate surface area is 186 Å². The summed E-state index contributed by atoms with van der Waals surface area (Å²) in [6, 6.07) is 19.4. The van der Waals surface area contributed by atoms with Crippen molar-refractivity contribution in [3.05, 3.63) is 94.7 Å². The number of carbonyl (C=O) groups is 1. The fourth-order valence-electron chi connectivity index (χ4n) is 4.36. The van der Waals surface area contributed by atoms with Gasteiger partial charge in [0.2, 0.25) is 0 Å². The summed E-state index contributed by atoms with van der Waals surface area (Å²) in [4.78, 5) is 23.6. The highest BCUT2D eigenvalue weighted by Crippen LogP contribution is 2.31. The molecular formula is C26H24N4O2. The molecule has 3 aromatic carbocycles. The smallest absolute Gasteiger partial charge is 0.337 e. The fraction of sp³-hybridized carbons (Fsp3) is 0.192. The van der Waals surface area contributed by atoms with Crippen LogP contribution < -0.4 is 10.2 Å². The zero-order chi connectivity index (χ0) is 22.2. The third kappa shape index (κ3) is 3.64. The zero-order valence-electron chi connectivity index (χ0n) is 18.0. The van der Waals surface area contributed by atoms with Crippen LogP contribution in [0.15, 0.2) is 66.9 Å². The third-order valence-electron chi connectivity index (χ3n) is 5.97. The fourth-order valence-corrected chi connectivity index (χ4v) is 4.36. The molecule has 6 nitrogen and oxygen atoms in total. The Kier molecular flexibility index (Phi) is 4.98. The van der Waals surface area contributed by atoms with Crippen LogP contribution in [-0.4, -0.2) is 21.0 Å². The van der Waals surface area contributed by atoms with Crippen molar-refractivity contribution in [2.24, 2.45) is 0 Å². The van der Waals surface area contributed by atoms with E-state index in [-0.39, 0.29) is 11.6 Å². The average Bonchev–Trinajstić information content (AvgIpc) is 3.22. The highest BCUT2D eigenvalue weighted by atomic mass is 16.4. The van der Waals surface area contributed by atoms with Gasteiger partial charge in [0.05, 0.1) is 28.8 Å². The monoisotopic (exact) mass is 424 g/mol. The maximum Gasteiger partial charge on any atom is 0.337 e. The Morgan fingerprint density at radius 2 is 1.75 bits per heavy atom. The number of rotatable bonds is 5. The lowest BCUT2D eigenvalue weighted by Gasteiger charge is -2.21. The molecule has 0 fully saturated rings. The molecule has 5 rings (SSSR count). The minimum atomic E-state index is -0.954. The molecular weight excluding hydrogens is 400 g/mol. The van der Waals surface area contributed by atoms with Gasteiger partial charge < -0.3 is 15.3 Å². The summed E-state index contributed by atoms with van der Waals surface area (Å²) in [7, 11) is 0. The molecule has 0 spiro atoms. The van der Waals surface area contributed by atoms with Crippen LogP contribution in [0.1, 0.15) is 45.6 Å². The van der Waals surface area contributed by atoms with Crippen LogP contribution in [0, 0.1) is 6.92 Å². The van der Waals surface area contributed by atoms with Crippen LogP contribution in [0.2, 0.25) is 0 Å². The number of para-hydroxylation sites is 1. The SMILES string of the molecule is Cc1cc(C(C)Nc2ccccc2C(=O)O)c2nc(N3Cc4ccccc4C3)cnc2c1. The molecule has 1 aromatic heterocycles. The van der Waals surface area contributed by atoms with Crippen molar-refractivity contribution < 1.29 is 9.90 Å². The van der Waals surface area contributed by atoms with Crippen molar-refractivity contribution in [1.29, 1.82) is 0 Å². The molecule has 1 aliphatic heterocycles. The molecule has 32 heavy (non-hydrogen) atoms. The van der Waals surface area contributed by atoms with Crippen molar-refractivity contribution in [3.8, 4) is 0 Å². The molecule has 0 radical (unpaired) electrons. The molecule has 0 saturated heterocycles. The summed E-state index contributed by atoms with van der Waals surface area (Å²) in [6.07, 6.45) is 1.84. The van der Waals surface area contributed by atoms with Crippen LogP contribution in [0.25, 0.3) is 11.0 Å². The van der Waals surface area contributed by atoms with Gasteiger partial charge in [-0.05, 0) is 48.7 Å². The molecule has 160 valence electrons. The zero-order valence-corrected chi connectivity index (χ0v) is 18.0. The number of nitrogens with one attached hydrogen (secondary N) is 1. The molecule has 2 N–H and O–H groups in total. The lowest BCUT2D eigenvalue weighted by atomic mass is 10.0. The summed E-state index contributed by atoms with van der Waals surface area (Å²) in [5.41, 5.74) is 7.21. The van der Waals surface area contributed by atoms with Gasteiger partial charge in [0.25, 0.3) is 0 Å². The number of hydrogen-bond donors (Lipinski definition) is 2. The van der Waals surface area contributed by atoms with Gasteiger partial charge in [-0.15, -0.1) is 0 Å². The van der Waals surface area contributed by atoms with Gasteiger partial charge in [-0.1, -0.05) is 42.5 Å². The minimum absolute atomic E-state index is 0.154. The number of fused-ring (bicyclic) bond motifs is 2. The lowest BCUT2D eigenvalue weighted by Crippen LogP contribution is -2.17. The van der Waals surface area contributed by atoms with E-state index < -0.39 is 5.97 Å². The third-order valence-corrected chi connectivity index (χ3v) is 5.97. The van der Waals surface area contributed by atoms with E-state index in [1.165, 1.54) is 11.1 Å². The molecule has 0 bridgehead atoms. The maximum absolute atomic E-state index is 11.6. The molecule has 6 heteroatoms. The van der Waals surface area contributed by atoms with Gasteiger partial charge in [-0.25, -0.2) is 9.78 Å².